The lowest BCUT2D eigenvalue weighted by Gasteiger charge is -2.09. The van der Waals surface area contributed by atoms with Crippen LogP contribution in [0.15, 0.2) is 18.2 Å². The van der Waals surface area contributed by atoms with Crippen molar-refractivity contribution in [3.63, 3.8) is 0 Å². The Bertz CT molecular complexity index is 358. The Labute approximate surface area is 96.4 Å². The molecule has 0 amide bonds. The first-order valence-electron chi connectivity index (χ1n) is 5.56. The SMILES string of the molecule is CCCCOC(=O)Oc1cccc(C)c1C. The zero-order valence-corrected chi connectivity index (χ0v) is 10.1. The Morgan fingerprint density at radius 3 is 2.75 bits per heavy atom. The van der Waals surface area contributed by atoms with E-state index in [1.807, 2.05) is 32.9 Å². The van der Waals surface area contributed by atoms with Gasteiger partial charge in [0.25, 0.3) is 0 Å². The quantitative estimate of drug-likeness (QED) is 0.443. The van der Waals surface area contributed by atoms with Crippen molar-refractivity contribution in [1.29, 1.82) is 0 Å². The van der Waals surface area contributed by atoms with Gasteiger partial charge in [0.05, 0.1) is 6.61 Å². The molecule has 88 valence electrons. The average molecular weight is 222 g/mol. The molecule has 0 aliphatic heterocycles. The lowest BCUT2D eigenvalue weighted by Crippen LogP contribution is -2.12. The average Bonchev–Trinajstić information content (AvgIpc) is 2.25. The normalized spacial score (nSPS) is 9.94. The van der Waals surface area contributed by atoms with E-state index in [-0.39, 0.29) is 0 Å². The van der Waals surface area contributed by atoms with Gasteiger partial charge in [-0.1, -0.05) is 25.5 Å². The van der Waals surface area contributed by atoms with Gasteiger partial charge < -0.3 is 9.47 Å². The van der Waals surface area contributed by atoms with Gasteiger partial charge in [-0.25, -0.2) is 4.79 Å². The third kappa shape index (κ3) is 3.57. The van der Waals surface area contributed by atoms with Crippen LogP contribution in [0.4, 0.5) is 4.79 Å². The highest BCUT2D eigenvalue weighted by molar-refractivity contribution is 5.64. The van der Waals surface area contributed by atoms with Gasteiger partial charge in [0.2, 0.25) is 0 Å². The summed E-state index contributed by atoms with van der Waals surface area (Å²) in [5, 5.41) is 0. The van der Waals surface area contributed by atoms with Gasteiger partial charge in [-0.3, -0.25) is 0 Å². The summed E-state index contributed by atoms with van der Waals surface area (Å²) in [5.41, 5.74) is 2.06. The monoisotopic (exact) mass is 222 g/mol. The fourth-order valence-electron chi connectivity index (χ4n) is 1.25. The van der Waals surface area contributed by atoms with Crippen molar-refractivity contribution in [2.24, 2.45) is 0 Å². The minimum Gasteiger partial charge on any atom is -0.434 e. The molecule has 0 heterocycles. The third-order valence-electron chi connectivity index (χ3n) is 2.47. The minimum absolute atomic E-state index is 0.417. The van der Waals surface area contributed by atoms with Gasteiger partial charge in [-0.05, 0) is 37.5 Å². The van der Waals surface area contributed by atoms with E-state index in [0.29, 0.717) is 12.4 Å². The molecule has 3 heteroatoms. The summed E-state index contributed by atoms with van der Waals surface area (Å²) in [7, 11) is 0. The van der Waals surface area contributed by atoms with E-state index < -0.39 is 6.16 Å². The zero-order chi connectivity index (χ0) is 12.0. The molecule has 0 N–H and O–H groups in total. The number of carbonyl (C=O) groups excluding carboxylic acids is 1. The lowest BCUT2D eigenvalue weighted by molar-refractivity contribution is 0.0976. The van der Waals surface area contributed by atoms with Gasteiger partial charge in [-0.15, -0.1) is 0 Å². The van der Waals surface area contributed by atoms with Crippen molar-refractivity contribution in [3.05, 3.63) is 29.3 Å². The molecule has 16 heavy (non-hydrogen) atoms. The summed E-state index contributed by atoms with van der Waals surface area (Å²) in [6, 6.07) is 5.60. The molecule has 0 atom stereocenters. The van der Waals surface area contributed by atoms with Crippen LogP contribution in [-0.2, 0) is 4.74 Å². The fourth-order valence-corrected chi connectivity index (χ4v) is 1.25. The van der Waals surface area contributed by atoms with Crippen molar-refractivity contribution in [3.8, 4) is 5.75 Å². The zero-order valence-electron chi connectivity index (χ0n) is 10.1. The minimum atomic E-state index is -0.623. The van der Waals surface area contributed by atoms with Crippen molar-refractivity contribution >= 4 is 6.16 Å². The van der Waals surface area contributed by atoms with E-state index in [9.17, 15) is 4.79 Å². The molecule has 0 radical (unpaired) electrons. The second kappa shape index (κ2) is 6.16. The van der Waals surface area contributed by atoms with E-state index in [1.165, 1.54) is 0 Å². The van der Waals surface area contributed by atoms with Crippen LogP contribution in [0.3, 0.4) is 0 Å². The van der Waals surface area contributed by atoms with Gasteiger partial charge in [0.15, 0.2) is 0 Å². The molecule has 0 bridgehead atoms. The number of carbonyl (C=O) groups is 1. The van der Waals surface area contributed by atoms with Gasteiger partial charge in [0, 0.05) is 0 Å². The fraction of sp³-hybridized carbons (Fsp3) is 0.462. The molecule has 1 aromatic rings. The molecule has 0 saturated heterocycles. The topological polar surface area (TPSA) is 35.5 Å². The van der Waals surface area contributed by atoms with Gasteiger partial charge in [0.1, 0.15) is 5.75 Å². The van der Waals surface area contributed by atoms with Crippen LogP contribution in [0, 0.1) is 13.8 Å². The first-order chi connectivity index (χ1) is 7.65. The number of hydrogen-bond acceptors (Lipinski definition) is 3. The molecular weight excluding hydrogens is 204 g/mol. The van der Waals surface area contributed by atoms with Crippen LogP contribution in [0.1, 0.15) is 30.9 Å². The van der Waals surface area contributed by atoms with Gasteiger partial charge >= 0.3 is 6.16 Å². The molecule has 0 unspecified atom stereocenters. The second-order valence-corrected chi connectivity index (χ2v) is 3.75. The van der Waals surface area contributed by atoms with Crippen molar-refractivity contribution in [1.82, 2.24) is 0 Å². The Morgan fingerprint density at radius 1 is 1.31 bits per heavy atom. The maximum absolute atomic E-state index is 11.3. The smallest absolute Gasteiger partial charge is 0.434 e. The molecule has 0 saturated carbocycles. The molecule has 0 aliphatic carbocycles. The number of unbranched alkanes of at least 4 members (excludes halogenated alkanes) is 1. The molecule has 0 aromatic heterocycles. The standard InChI is InChI=1S/C13H18O3/c1-4-5-9-15-13(14)16-12-8-6-7-10(2)11(12)3/h6-8H,4-5,9H2,1-3H3. The van der Waals surface area contributed by atoms with E-state index in [1.54, 1.807) is 6.07 Å². The molecule has 0 aliphatic rings. The second-order valence-electron chi connectivity index (χ2n) is 3.75. The maximum Gasteiger partial charge on any atom is 0.513 e. The molecule has 1 aromatic carbocycles. The predicted molar refractivity (Wildman–Crippen MR) is 62.8 cm³/mol. The lowest BCUT2D eigenvalue weighted by atomic mass is 10.1. The largest absolute Gasteiger partial charge is 0.513 e. The molecule has 0 spiro atoms. The summed E-state index contributed by atoms with van der Waals surface area (Å²) in [5.74, 6) is 0.571. The van der Waals surface area contributed by atoms with Crippen LogP contribution < -0.4 is 4.74 Å². The van der Waals surface area contributed by atoms with Crippen molar-refractivity contribution in [2.75, 3.05) is 6.61 Å². The highest BCUT2D eigenvalue weighted by Gasteiger charge is 2.08. The van der Waals surface area contributed by atoms with E-state index in [4.69, 9.17) is 9.47 Å². The van der Waals surface area contributed by atoms with Crippen LogP contribution in [-0.4, -0.2) is 12.8 Å². The third-order valence-corrected chi connectivity index (χ3v) is 2.47. The summed E-state index contributed by atoms with van der Waals surface area (Å²) in [6.07, 6.45) is 1.24. The summed E-state index contributed by atoms with van der Waals surface area (Å²) < 4.78 is 10.0. The maximum atomic E-state index is 11.3. The van der Waals surface area contributed by atoms with Crippen LogP contribution in [0.5, 0.6) is 5.75 Å². The Kier molecular flexibility index (Phi) is 4.83. The highest BCUT2D eigenvalue weighted by atomic mass is 16.7. The summed E-state index contributed by atoms with van der Waals surface area (Å²) in [4.78, 5) is 11.3. The number of aryl methyl sites for hydroxylation is 1. The molecule has 0 fully saturated rings. The molecular formula is C13H18O3. The Balaban J connectivity index is 2.53. The first-order valence-corrected chi connectivity index (χ1v) is 5.56. The molecule has 1 rings (SSSR count). The Hall–Kier alpha value is -1.51. The summed E-state index contributed by atoms with van der Waals surface area (Å²) >= 11 is 0. The van der Waals surface area contributed by atoms with Crippen LogP contribution in [0.25, 0.3) is 0 Å². The van der Waals surface area contributed by atoms with E-state index >= 15 is 0 Å². The van der Waals surface area contributed by atoms with E-state index in [0.717, 1.165) is 24.0 Å². The van der Waals surface area contributed by atoms with Crippen LogP contribution >= 0.6 is 0 Å². The van der Waals surface area contributed by atoms with Crippen LogP contribution in [0.2, 0.25) is 0 Å². The first kappa shape index (κ1) is 12.6. The number of ether oxygens (including phenoxy) is 2. The van der Waals surface area contributed by atoms with Gasteiger partial charge in [-0.2, -0.15) is 0 Å². The highest BCUT2D eigenvalue weighted by Crippen LogP contribution is 2.20. The number of benzene rings is 1. The van der Waals surface area contributed by atoms with E-state index in [2.05, 4.69) is 0 Å². The van der Waals surface area contributed by atoms with Crippen molar-refractivity contribution < 1.29 is 14.3 Å². The van der Waals surface area contributed by atoms with Crippen molar-refractivity contribution in [2.45, 2.75) is 33.6 Å². The summed E-state index contributed by atoms with van der Waals surface area (Å²) in [6.45, 7) is 6.36. The predicted octanol–water partition coefficient (Wildman–Crippen LogP) is 3.62. The molecule has 3 nitrogen and oxygen atoms in total. The Morgan fingerprint density at radius 2 is 2.06 bits per heavy atom. The number of rotatable bonds is 4. The number of hydrogen-bond donors (Lipinski definition) is 0.